The first-order chi connectivity index (χ1) is 15.9. The second kappa shape index (κ2) is 10.9. The molecule has 2 amide bonds. The molecule has 33 heavy (non-hydrogen) atoms. The van der Waals surface area contributed by atoms with Crippen LogP contribution in [0.25, 0.3) is 6.08 Å². The Morgan fingerprint density at radius 2 is 1.52 bits per heavy atom. The van der Waals surface area contributed by atoms with Crippen LogP contribution in [0.1, 0.15) is 21.5 Å². The highest BCUT2D eigenvalue weighted by Crippen LogP contribution is 2.38. The number of benzene rings is 3. The number of para-hydroxylation sites is 1. The average molecular weight is 447 g/mol. The molecular weight excluding hydrogens is 420 g/mol. The number of anilines is 2. The molecule has 3 rings (SSSR count). The number of rotatable bonds is 8. The average Bonchev–Trinajstić information content (AvgIpc) is 2.82. The molecule has 3 aromatic carbocycles. The fourth-order valence-electron chi connectivity index (χ4n) is 3.26. The van der Waals surface area contributed by atoms with Gasteiger partial charge in [-0.3, -0.25) is 9.59 Å². The molecule has 7 nitrogen and oxygen atoms in total. The summed E-state index contributed by atoms with van der Waals surface area (Å²) in [6.07, 6.45) is 2.99. The van der Waals surface area contributed by atoms with Crippen molar-refractivity contribution in [2.75, 3.05) is 32.0 Å². The molecule has 0 aromatic heterocycles. The predicted octanol–water partition coefficient (Wildman–Crippen LogP) is 4.93. The molecule has 0 fully saturated rings. The molecule has 0 radical (unpaired) electrons. The minimum atomic E-state index is -0.389. The fourth-order valence-corrected chi connectivity index (χ4v) is 3.26. The summed E-state index contributed by atoms with van der Waals surface area (Å²) < 4.78 is 16.0. The number of nitrogens with one attached hydrogen (secondary N) is 2. The van der Waals surface area contributed by atoms with E-state index < -0.39 is 0 Å². The lowest BCUT2D eigenvalue weighted by Gasteiger charge is -2.13. The maximum atomic E-state index is 12.8. The molecule has 0 aliphatic heterocycles. The summed E-state index contributed by atoms with van der Waals surface area (Å²) in [6, 6.07) is 17.8. The number of methoxy groups -OCH3 is 3. The molecule has 2 N–H and O–H groups in total. The highest BCUT2D eigenvalue weighted by atomic mass is 16.5. The van der Waals surface area contributed by atoms with E-state index in [-0.39, 0.29) is 11.8 Å². The number of hydrogen-bond donors (Lipinski definition) is 2. The van der Waals surface area contributed by atoms with Crippen molar-refractivity contribution >= 4 is 29.3 Å². The van der Waals surface area contributed by atoms with Gasteiger partial charge in [0, 0.05) is 11.8 Å². The van der Waals surface area contributed by atoms with Gasteiger partial charge in [-0.25, -0.2) is 0 Å². The van der Waals surface area contributed by atoms with E-state index >= 15 is 0 Å². The first kappa shape index (κ1) is 23.4. The number of ether oxygens (including phenoxy) is 3. The van der Waals surface area contributed by atoms with Gasteiger partial charge in [-0.05, 0) is 60.5 Å². The van der Waals surface area contributed by atoms with Crippen molar-refractivity contribution in [3.05, 3.63) is 83.4 Å². The number of hydrogen-bond acceptors (Lipinski definition) is 5. The van der Waals surface area contributed by atoms with Crippen molar-refractivity contribution in [1.82, 2.24) is 0 Å². The molecule has 0 aliphatic carbocycles. The van der Waals surface area contributed by atoms with Crippen molar-refractivity contribution in [2.24, 2.45) is 0 Å². The lowest BCUT2D eigenvalue weighted by Crippen LogP contribution is -2.17. The molecule has 0 aliphatic rings. The summed E-state index contributed by atoms with van der Waals surface area (Å²) >= 11 is 0. The molecule has 0 heterocycles. The zero-order valence-corrected chi connectivity index (χ0v) is 19.0. The van der Waals surface area contributed by atoms with Crippen molar-refractivity contribution in [3.8, 4) is 17.2 Å². The molecule has 0 saturated carbocycles. The van der Waals surface area contributed by atoms with E-state index in [1.54, 1.807) is 42.5 Å². The minimum absolute atomic E-state index is 0.315. The predicted molar refractivity (Wildman–Crippen MR) is 129 cm³/mol. The van der Waals surface area contributed by atoms with Gasteiger partial charge in [-0.15, -0.1) is 0 Å². The van der Waals surface area contributed by atoms with Crippen LogP contribution in [0.2, 0.25) is 0 Å². The molecule has 0 saturated heterocycles. The number of aryl methyl sites for hydroxylation is 1. The van der Waals surface area contributed by atoms with Gasteiger partial charge in [0.05, 0.1) is 32.6 Å². The van der Waals surface area contributed by atoms with Crippen LogP contribution in [0.15, 0.2) is 66.7 Å². The molecule has 0 atom stereocenters. The van der Waals surface area contributed by atoms with Crippen molar-refractivity contribution in [2.45, 2.75) is 6.92 Å². The van der Waals surface area contributed by atoms with Gasteiger partial charge in [-0.1, -0.05) is 24.3 Å². The molecule has 0 spiro atoms. The van der Waals surface area contributed by atoms with Crippen LogP contribution in [0.5, 0.6) is 17.2 Å². The van der Waals surface area contributed by atoms with Crippen LogP contribution < -0.4 is 24.8 Å². The lowest BCUT2D eigenvalue weighted by molar-refractivity contribution is -0.111. The van der Waals surface area contributed by atoms with E-state index in [0.717, 1.165) is 5.56 Å². The smallest absolute Gasteiger partial charge is 0.257 e. The molecule has 7 heteroatoms. The van der Waals surface area contributed by atoms with Crippen LogP contribution in [0.3, 0.4) is 0 Å². The SMILES string of the molecule is COc1cc(/C=C/C(=O)Nc2ccccc2C(=O)Nc2cccc(C)c2)cc(OC)c1OC. The van der Waals surface area contributed by atoms with E-state index in [1.807, 2.05) is 31.2 Å². The molecule has 0 bridgehead atoms. The maximum absolute atomic E-state index is 12.8. The Morgan fingerprint density at radius 1 is 0.818 bits per heavy atom. The first-order valence-corrected chi connectivity index (χ1v) is 10.2. The van der Waals surface area contributed by atoms with Gasteiger partial charge in [0.15, 0.2) is 11.5 Å². The molecular formula is C26H26N2O5. The summed E-state index contributed by atoms with van der Waals surface area (Å²) in [4.78, 5) is 25.4. The monoisotopic (exact) mass is 446 g/mol. The van der Waals surface area contributed by atoms with Crippen molar-refractivity contribution in [3.63, 3.8) is 0 Å². The topological polar surface area (TPSA) is 85.9 Å². The second-order valence-corrected chi connectivity index (χ2v) is 7.15. The quantitative estimate of drug-likeness (QED) is 0.480. The third-order valence-corrected chi connectivity index (χ3v) is 4.82. The Bertz CT molecular complexity index is 1160. The Balaban J connectivity index is 1.76. The standard InChI is InChI=1S/C26H26N2O5/c1-17-8-7-9-19(14-17)27-26(30)20-10-5-6-11-21(20)28-24(29)13-12-18-15-22(31-2)25(33-4)23(16-18)32-3/h5-16H,1-4H3,(H,27,30)(H,28,29)/b13-12+. The van der Waals surface area contributed by atoms with Gasteiger partial charge in [0.2, 0.25) is 11.7 Å². The Kier molecular flexibility index (Phi) is 7.70. The van der Waals surface area contributed by atoms with E-state index in [1.165, 1.54) is 27.4 Å². The molecule has 0 unspecified atom stereocenters. The Labute approximate surface area is 193 Å². The summed E-state index contributed by atoms with van der Waals surface area (Å²) in [7, 11) is 4.57. The van der Waals surface area contributed by atoms with Crippen LogP contribution in [0.4, 0.5) is 11.4 Å². The Hall–Kier alpha value is -4.26. The zero-order chi connectivity index (χ0) is 23.8. The second-order valence-electron chi connectivity index (χ2n) is 7.15. The largest absolute Gasteiger partial charge is 0.493 e. The normalized spacial score (nSPS) is 10.5. The van der Waals surface area contributed by atoms with Crippen LogP contribution in [-0.2, 0) is 4.79 Å². The number of carbonyl (C=O) groups excluding carboxylic acids is 2. The van der Waals surface area contributed by atoms with E-state index in [2.05, 4.69) is 10.6 Å². The van der Waals surface area contributed by atoms with E-state index in [0.29, 0.717) is 39.8 Å². The van der Waals surface area contributed by atoms with Gasteiger partial charge >= 0.3 is 0 Å². The Morgan fingerprint density at radius 3 is 2.15 bits per heavy atom. The maximum Gasteiger partial charge on any atom is 0.257 e. The van der Waals surface area contributed by atoms with Crippen molar-refractivity contribution < 1.29 is 23.8 Å². The number of carbonyl (C=O) groups is 2. The van der Waals surface area contributed by atoms with Gasteiger partial charge < -0.3 is 24.8 Å². The van der Waals surface area contributed by atoms with Gasteiger partial charge in [-0.2, -0.15) is 0 Å². The van der Waals surface area contributed by atoms with E-state index in [9.17, 15) is 9.59 Å². The lowest BCUT2D eigenvalue weighted by atomic mass is 10.1. The zero-order valence-electron chi connectivity index (χ0n) is 19.0. The minimum Gasteiger partial charge on any atom is -0.493 e. The van der Waals surface area contributed by atoms with Crippen LogP contribution in [-0.4, -0.2) is 33.1 Å². The van der Waals surface area contributed by atoms with Crippen LogP contribution in [0, 0.1) is 6.92 Å². The summed E-state index contributed by atoms with van der Waals surface area (Å²) in [5.41, 5.74) is 3.16. The van der Waals surface area contributed by atoms with Gasteiger partial charge in [0.25, 0.3) is 5.91 Å². The van der Waals surface area contributed by atoms with Crippen molar-refractivity contribution in [1.29, 1.82) is 0 Å². The molecule has 3 aromatic rings. The summed E-state index contributed by atoms with van der Waals surface area (Å²) in [6.45, 7) is 1.95. The first-order valence-electron chi connectivity index (χ1n) is 10.2. The highest BCUT2D eigenvalue weighted by molar-refractivity contribution is 6.11. The van der Waals surface area contributed by atoms with Gasteiger partial charge in [0.1, 0.15) is 0 Å². The van der Waals surface area contributed by atoms with Crippen LogP contribution >= 0.6 is 0 Å². The third kappa shape index (κ3) is 5.92. The summed E-state index contributed by atoms with van der Waals surface area (Å²) in [5, 5.41) is 5.62. The third-order valence-electron chi connectivity index (χ3n) is 4.82. The molecule has 170 valence electrons. The number of amides is 2. The summed E-state index contributed by atoms with van der Waals surface area (Å²) in [5.74, 6) is 0.727. The van der Waals surface area contributed by atoms with E-state index in [4.69, 9.17) is 14.2 Å². The highest BCUT2D eigenvalue weighted by Gasteiger charge is 2.14. The fraction of sp³-hybridized carbons (Fsp3) is 0.154.